The summed E-state index contributed by atoms with van der Waals surface area (Å²) in [6.45, 7) is 0. The second kappa shape index (κ2) is 15.7. The van der Waals surface area contributed by atoms with Crippen molar-refractivity contribution in [2.45, 2.75) is 0 Å². The third-order valence-corrected chi connectivity index (χ3v) is 0. The Morgan fingerprint density at radius 3 is 0.250 bits per heavy atom. The zero-order chi connectivity index (χ0) is 0. The Labute approximate surface area is 127 Å². The molecule has 0 atom stereocenters. The summed E-state index contributed by atoms with van der Waals surface area (Å²) in [5.41, 5.74) is 0. The Bertz CT molecular complexity index is 0. The molecule has 0 fully saturated rings. The first-order valence-electron chi connectivity index (χ1n) is 0. The molecule has 0 N–H and O–H groups in total. The number of hydrogen-bond acceptors (Lipinski definition) is 0. The molecule has 0 saturated carbocycles. The Kier molecular flexibility index (Phi) is 92.9. The topological polar surface area (TPSA) is 0 Å². The summed E-state index contributed by atoms with van der Waals surface area (Å²) in [4.78, 5) is 0. The van der Waals surface area contributed by atoms with Crippen LogP contribution in [0.5, 0.6) is 0 Å². The molecule has 0 amide bonds. The Balaban J connectivity index is 0. The van der Waals surface area contributed by atoms with Crippen molar-refractivity contribution in [3.05, 3.63) is 0 Å². The van der Waals surface area contributed by atoms with E-state index in [0.29, 0.717) is 0 Å². The van der Waals surface area contributed by atoms with Gasteiger partial charge in [0.25, 0.3) is 0 Å². The zero-order valence-electron chi connectivity index (χ0n) is 2.31. The zero-order valence-corrected chi connectivity index (χ0v) is 13.7. The largest absolute Gasteiger partial charge is 0 e. The van der Waals surface area contributed by atoms with Crippen LogP contribution in [0, 0.1) is 0 Å². The van der Waals surface area contributed by atoms with Crippen molar-refractivity contribution < 1.29 is 131 Å². The van der Waals surface area contributed by atoms with Crippen molar-refractivity contribution in [2.24, 2.45) is 0 Å². The first-order chi connectivity index (χ1) is 0. The van der Waals surface area contributed by atoms with Gasteiger partial charge in [0.1, 0.15) is 0 Å². The molecule has 12 valence electrons. The van der Waals surface area contributed by atoms with Crippen molar-refractivity contribution in [1.29, 1.82) is 0 Å². The van der Waals surface area contributed by atoms with Gasteiger partial charge in [0.2, 0.25) is 0 Å². The fraction of sp³-hybridized carbons (Fsp3) is 0. The SMILES string of the molecule is [Y].[Y].[Y].[Y]. The molecule has 0 aliphatic rings. The molecule has 0 aliphatic heterocycles. The first-order valence-corrected chi connectivity index (χ1v) is 0. The molecule has 0 aliphatic carbocycles. The summed E-state index contributed by atoms with van der Waals surface area (Å²) in [5, 5.41) is 0. The summed E-state index contributed by atoms with van der Waals surface area (Å²) < 4.78 is 0. The van der Waals surface area contributed by atoms with Crippen LogP contribution in [0.4, 0.5) is 0 Å². The van der Waals surface area contributed by atoms with Gasteiger partial charge in [-0.2, -0.15) is 0 Å². The summed E-state index contributed by atoms with van der Waals surface area (Å²) in [6, 6.07) is 0. The minimum atomic E-state index is 0. The molecule has 0 aromatic heterocycles. The number of hydrogen-bond donors (Lipinski definition) is 0. The van der Waals surface area contributed by atoms with E-state index in [1.807, 2.05) is 0 Å². The van der Waals surface area contributed by atoms with Crippen molar-refractivity contribution in [1.82, 2.24) is 0 Å². The molecule has 0 unspecified atom stereocenters. The van der Waals surface area contributed by atoms with Crippen LogP contribution < -0.4 is 0 Å². The predicted octanol–water partition coefficient (Wildman–Crippen LogP) is -0.0100. The molecule has 4 radical (unpaired) electrons. The van der Waals surface area contributed by atoms with E-state index in [4.69, 9.17) is 0 Å². The summed E-state index contributed by atoms with van der Waals surface area (Å²) >= 11 is 0. The van der Waals surface area contributed by atoms with E-state index >= 15 is 0 Å². The molecule has 4 heteroatoms. The van der Waals surface area contributed by atoms with E-state index in [0.717, 1.165) is 0 Å². The fourth-order valence-electron chi connectivity index (χ4n) is 0. The molecule has 0 spiro atoms. The maximum atomic E-state index is 0. The molecule has 0 nitrogen and oxygen atoms in total. The van der Waals surface area contributed by atoms with Gasteiger partial charge < -0.3 is 0 Å². The van der Waals surface area contributed by atoms with Crippen molar-refractivity contribution in [3.63, 3.8) is 0 Å². The average Bonchev–Trinajstić information content (AvgIpc) is 0. The first kappa shape index (κ1) is 23.7. The van der Waals surface area contributed by atoms with E-state index in [-0.39, 0.29) is 131 Å². The molecule has 0 bridgehead atoms. The molecule has 0 aromatic carbocycles. The summed E-state index contributed by atoms with van der Waals surface area (Å²) in [5.74, 6) is 0. The number of rotatable bonds is 0. The van der Waals surface area contributed by atoms with Gasteiger partial charge in [-0.05, 0) is 0 Å². The smallest absolute Gasteiger partial charge is 0 e. The van der Waals surface area contributed by atoms with Crippen LogP contribution in [-0.4, -0.2) is 0 Å². The molecule has 0 aromatic rings. The van der Waals surface area contributed by atoms with Gasteiger partial charge in [-0.1, -0.05) is 0 Å². The van der Waals surface area contributed by atoms with E-state index in [1.165, 1.54) is 0 Å². The molecule has 4 heavy (non-hydrogen) atoms. The van der Waals surface area contributed by atoms with Crippen LogP contribution in [0.15, 0.2) is 0 Å². The van der Waals surface area contributed by atoms with Crippen LogP contribution >= 0.6 is 0 Å². The van der Waals surface area contributed by atoms with E-state index < -0.39 is 0 Å². The van der Waals surface area contributed by atoms with Gasteiger partial charge in [-0.15, -0.1) is 0 Å². The normalized spacial score (nSPS) is 0. The van der Waals surface area contributed by atoms with Crippen LogP contribution in [0.2, 0.25) is 0 Å². The molecule has 0 saturated heterocycles. The average molecular weight is 356 g/mol. The summed E-state index contributed by atoms with van der Waals surface area (Å²) in [7, 11) is 0. The van der Waals surface area contributed by atoms with Crippen LogP contribution in [0.25, 0.3) is 0 Å². The van der Waals surface area contributed by atoms with Gasteiger partial charge in [-0.25, -0.2) is 0 Å². The van der Waals surface area contributed by atoms with Crippen LogP contribution in [-0.2, 0) is 131 Å². The molecular weight excluding hydrogens is 356 g/mol. The van der Waals surface area contributed by atoms with E-state index in [9.17, 15) is 0 Å². The third-order valence-electron chi connectivity index (χ3n) is 0. The van der Waals surface area contributed by atoms with Gasteiger partial charge in [-0.3, -0.25) is 0 Å². The van der Waals surface area contributed by atoms with Crippen LogP contribution in [0.1, 0.15) is 0 Å². The van der Waals surface area contributed by atoms with E-state index in [1.54, 1.807) is 0 Å². The van der Waals surface area contributed by atoms with Gasteiger partial charge >= 0.3 is 0 Å². The maximum absolute atomic E-state index is 0. The van der Waals surface area contributed by atoms with Gasteiger partial charge in [0, 0.05) is 131 Å². The van der Waals surface area contributed by atoms with Crippen molar-refractivity contribution in [2.75, 3.05) is 0 Å². The van der Waals surface area contributed by atoms with E-state index in [2.05, 4.69) is 0 Å². The summed E-state index contributed by atoms with van der Waals surface area (Å²) in [6.07, 6.45) is 0. The Morgan fingerprint density at radius 2 is 0.250 bits per heavy atom. The molecule has 0 heterocycles. The minimum Gasteiger partial charge on any atom is 0 e. The molecular formula is Y4. The fourth-order valence-corrected chi connectivity index (χ4v) is 0. The van der Waals surface area contributed by atoms with Crippen LogP contribution in [0.3, 0.4) is 0 Å². The van der Waals surface area contributed by atoms with Gasteiger partial charge in [0.15, 0.2) is 0 Å². The predicted molar refractivity (Wildman–Crippen MR) is 0 cm³/mol. The second-order valence-corrected chi connectivity index (χ2v) is 0. The maximum Gasteiger partial charge on any atom is 0 e. The standard InChI is InChI=1S/4Y. The van der Waals surface area contributed by atoms with Crippen molar-refractivity contribution in [3.8, 4) is 0 Å². The second-order valence-electron chi connectivity index (χ2n) is 0. The monoisotopic (exact) mass is 356 g/mol. The minimum absolute atomic E-state index is 0. The Hall–Kier alpha value is 4.42. The molecule has 0 rings (SSSR count). The quantitative estimate of drug-likeness (QED) is 0.573. The van der Waals surface area contributed by atoms with Crippen molar-refractivity contribution >= 4 is 0 Å². The Morgan fingerprint density at radius 1 is 0.250 bits per heavy atom. The van der Waals surface area contributed by atoms with Gasteiger partial charge in [0.05, 0.1) is 0 Å². The third kappa shape index (κ3) is 9.65.